The van der Waals surface area contributed by atoms with Gasteiger partial charge in [-0.2, -0.15) is 4.98 Å². The Bertz CT molecular complexity index is 328. The Kier molecular flexibility index (Phi) is 4.21. The quantitative estimate of drug-likeness (QED) is 0.806. The molecular formula is C11H17ClN2O. The second-order valence-electron chi connectivity index (χ2n) is 4.09. The summed E-state index contributed by atoms with van der Waals surface area (Å²) in [6.45, 7) is 6.30. The van der Waals surface area contributed by atoms with Crippen LogP contribution in [0, 0.1) is 5.92 Å². The highest BCUT2D eigenvalue weighted by Gasteiger charge is 2.10. The Morgan fingerprint density at radius 2 is 2.07 bits per heavy atom. The molecular weight excluding hydrogens is 212 g/mol. The molecule has 0 fully saturated rings. The molecule has 0 spiro atoms. The van der Waals surface area contributed by atoms with E-state index in [0.29, 0.717) is 22.6 Å². The first kappa shape index (κ1) is 12.1. The fourth-order valence-corrected chi connectivity index (χ4v) is 1.57. The number of rotatable bonds is 4. The third-order valence-electron chi connectivity index (χ3n) is 1.97. The van der Waals surface area contributed by atoms with Crippen LogP contribution in [0.2, 0.25) is 5.15 Å². The third kappa shape index (κ3) is 3.96. The van der Waals surface area contributed by atoms with Gasteiger partial charge in [-0.25, -0.2) is 0 Å². The van der Waals surface area contributed by atoms with Gasteiger partial charge >= 0.3 is 0 Å². The van der Waals surface area contributed by atoms with Crippen LogP contribution in [0.3, 0.4) is 0 Å². The van der Waals surface area contributed by atoms with Crippen molar-refractivity contribution in [3.8, 4) is 5.88 Å². The Morgan fingerprint density at radius 1 is 1.40 bits per heavy atom. The van der Waals surface area contributed by atoms with Crippen molar-refractivity contribution >= 4 is 17.3 Å². The smallest absolute Gasteiger partial charge is 0.238 e. The number of hydrogen-bond donors (Lipinski definition) is 1. The zero-order chi connectivity index (χ0) is 11.4. The SMILES string of the molecule is CC(C)CC(C)Oc1nc(Cl)ccc1N. The molecule has 1 aromatic rings. The topological polar surface area (TPSA) is 48.1 Å². The van der Waals surface area contributed by atoms with Gasteiger partial charge in [0.2, 0.25) is 5.88 Å². The lowest BCUT2D eigenvalue weighted by Gasteiger charge is -2.16. The molecule has 0 radical (unpaired) electrons. The van der Waals surface area contributed by atoms with Gasteiger partial charge in [0.15, 0.2) is 0 Å². The second-order valence-corrected chi connectivity index (χ2v) is 4.47. The maximum absolute atomic E-state index is 5.76. The summed E-state index contributed by atoms with van der Waals surface area (Å²) in [5.41, 5.74) is 6.25. The van der Waals surface area contributed by atoms with Gasteiger partial charge in [-0.1, -0.05) is 25.4 Å². The van der Waals surface area contributed by atoms with E-state index < -0.39 is 0 Å². The molecule has 1 atom stereocenters. The summed E-state index contributed by atoms with van der Waals surface area (Å²) < 4.78 is 5.62. The summed E-state index contributed by atoms with van der Waals surface area (Å²) in [5, 5.41) is 0.399. The van der Waals surface area contributed by atoms with Crippen molar-refractivity contribution in [3.63, 3.8) is 0 Å². The average Bonchev–Trinajstić information content (AvgIpc) is 2.10. The van der Waals surface area contributed by atoms with E-state index >= 15 is 0 Å². The van der Waals surface area contributed by atoms with E-state index in [1.165, 1.54) is 0 Å². The molecule has 0 aromatic carbocycles. The Morgan fingerprint density at radius 3 is 2.67 bits per heavy atom. The largest absolute Gasteiger partial charge is 0.473 e. The lowest BCUT2D eigenvalue weighted by molar-refractivity contribution is 0.187. The van der Waals surface area contributed by atoms with E-state index in [1.807, 2.05) is 6.92 Å². The normalized spacial score (nSPS) is 12.9. The molecule has 0 amide bonds. The molecule has 0 aliphatic heterocycles. The number of pyridine rings is 1. The molecule has 0 bridgehead atoms. The van der Waals surface area contributed by atoms with E-state index in [4.69, 9.17) is 22.1 Å². The average molecular weight is 229 g/mol. The van der Waals surface area contributed by atoms with E-state index in [-0.39, 0.29) is 6.10 Å². The molecule has 4 heteroatoms. The van der Waals surface area contributed by atoms with Crippen LogP contribution >= 0.6 is 11.6 Å². The standard InChI is InChI=1S/C11H17ClN2O/c1-7(2)6-8(3)15-11-9(13)4-5-10(12)14-11/h4-5,7-8H,6,13H2,1-3H3. The molecule has 15 heavy (non-hydrogen) atoms. The first-order valence-corrected chi connectivity index (χ1v) is 5.45. The fraction of sp³-hybridized carbons (Fsp3) is 0.545. The van der Waals surface area contributed by atoms with Gasteiger partial charge in [-0.05, 0) is 31.4 Å². The molecule has 84 valence electrons. The monoisotopic (exact) mass is 228 g/mol. The van der Waals surface area contributed by atoms with Crippen LogP contribution in [0.25, 0.3) is 0 Å². The molecule has 1 rings (SSSR count). The first-order chi connectivity index (χ1) is 6.99. The molecule has 1 heterocycles. The van der Waals surface area contributed by atoms with Crippen LogP contribution < -0.4 is 10.5 Å². The van der Waals surface area contributed by atoms with E-state index in [0.717, 1.165) is 6.42 Å². The number of nitrogen functional groups attached to an aromatic ring is 1. The number of aromatic nitrogens is 1. The maximum Gasteiger partial charge on any atom is 0.238 e. The Hall–Kier alpha value is -0.960. The number of ether oxygens (including phenoxy) is 1. The number of nitrogens with two attached hydrogens (primary N) is 1. The van der Waals surface area contributed by atoms with Gasteiger partial charge in [-0.3, -0.25) is 0 Å². The fourth-order valence-electron chi connectivity index (χ4n) is 1.43. The van der Waals surface area contributed by atoms with Crippen molar-refractivity contribution in [3.05, 3.63) is 17.3 Å². The Balaban J connectivity index is 2.67. The van der Waals surface area contributed by atoms with Crippen LogP contribution in [0.1, 0.15) is 27.2 Å². The van der Waals surface area contributed by atoms with Crippen molar-refractivity contribution in [1.29, 1.82) is 0 Å². The number of anilines is 1. The van der Waals surface area contributed by atoms with Crippen LogP contribution in [-0.2, 0) is 0 Å². The van der Waals surface area contributed by atoms with E-state index in [2.05, 4.69) is 18.8 Å². The molecule has 0 aliphatic carbocycles. The molecule has 1 aromatic heterocycles. The summed E-state index contributed by atoms with van der Waals surface area (Å²) in [6.07, 6.45) is 1.06. The highest BCUT2D eigenvalue weighted by molar-refractivity contribution is 6.29. The van der Waals surface area contributed by atoms with Gasteiger partial charge in [0.25, 0.3) is 0 Å². The van der Waals surface area contributed by atoms with Gasteiger partial charge in [0.1, 0.15) is 5.15 Å². The molecule has 0 saturated heterocycles. The maximum atomic E-state index is 5.76. The summed E-state index contributed by atoms with van der Waals surface area (Å²) in [7, 11) is 0. The van der Waals surface area contributed by atoms with Crippen LogP contribution in [0.15, 0.2) is 12.1 Å². The summed E-state index contributed by atoms with van der Waals surface area (Å²) in [5.74, 6) is 1.01. The summed E-state index contributed by atoms with van der Waals surface area (Å²) in [4.78, 5) is 4.04. The molecule has 3 nitrogen and oxygen atoms in total. The predicted octanol–water partition coefficient (Wildman–Crippen LogP) is 3.13. The van der Waals surface area contributed by atoms with Crippen molar-refractivity contribution in [2.24, 2.45) is 5.92 Å². The molecule has 0 saturated carbocycles. The van der Waals surface area contributed by atoms with E-state index in [1.54, 1.807) is 12.1 Å². The predicted molar refractivity (Wildman–Crippen MR) is 63.2 cm³/mol. The zero-order valence-electron chi connectivity index (χ0n) is 9.33. The summed E-state index contributed by atoms with van der Waals surface area (Å²) in [6, 6.07) is 3.35. The van der Waals surface area contributed by atoms with Crippen molar-refractivity contribution < 1.29 is 4.74 Å². The van der Waals surface area contributed by atoms with Crippen molar-refractivity contribution in [1.82, 2.24) is 4.98 Å². The minimum absolute atomic E-state index is 0.0956. The highest BCUT2D eigenvalue weighted by Crippen LogP contribution is 2.23. The van der Waals surface area contributed by atoms with Gasteiger partial charge in [0.05, 0.1) is 11.8 Å². The minimum atomic E-state index is 0.0956. The van der Waals surface area contributed by atoms with E-state index in [9.17, 15) is 0 Å². The third-order valence-corrected chi connectivity index (χ3v) is 2.18. The van der Waals surface area contributed by atoms with Crippen LogP contribution in [-0.4, -0.2) is 11.1 Å². The van der Waals surface area contributed by atoms with Crippen LogP contribution in [0.5, 0.6) is 5.88 Å². The van der Waals surface area contributed by atoms with Crippen LogP contribution in [0.4, 0.5) is 5.69 Å². The Labute approximate surface area is 95.6 Å². The number of hydrogen-bond acceptors (Lipinski definition) is 3. The second kappa shape index (κ2) is 5.21. The van der Waals surface area contributed by atoms with Gasteiger partial charge in [0, 0.05) is 0 Å². The number of halogens is 1. The highest BCUT2D eigenvalue weighted by atomic mass is 35.5. The van der Waals surface area contributed by atoms with Crippen molar-refractivity contribution in [2.45, 2.75) is 33.3 Å². The summed E-state index contributed by atoms with van der Waals surface area (Å²) >= 11 is 5.76. The minimum Gasteiger partial charge on any atom is -0.473 e. The molecule has 0 aliphatic rings. The lowest BCUT2D eigenvalue weighted by atomic mass is 10.1. The van der Waals surface area contributed by atoms with Crippen molar-refractivity contribution in [2.75, 3.05) is 5.73 Å². The molecule has 1 unspecified atom stereocenters. The molecule has 2 N–H and O–H groups in total. The zero-order valence-corrected chi connectivity index (χ0v) is 10.1. The van der Waals surface area contributed by atoms with Gasteiger partial charge < -0.3 is 10.5 Å². The first-order valence-electron chi connectivity index (χ1n) is 5.07. The number of nitrogens with zero attached hydrogens (tertiary/aromatic N) is 1. The lowest BCUT2D eigenvalue weighted by Crippen LogP contribution is -2.16. The van der Waals surface area contributed by atoms with Gasteiger partial charge in [-0.15, -0.1) is 0 Å².